The molecule has 0 aliphatic carbocycles. The summed E-state index contributed by atoms with van der Waals surface area (Å²) in [5.74, 6) is 0.416. The summed E-state index contributed by atoms with van der Waals surface area (Å²) in [4.78, 5) is 13.5. The fourth-order valence-electron chi connectivity index (χ4n) is 2.33. The van der Waals surface area contributed by atoms with Crippen LogP contribution in [0.25, 0.3) is 5.52 Å². The molecule has 2 aromatic rings. The summed E-state index contributed by atoms with van der Waals surface area (Å²) in [5.41, 5.74) is 1.88. The number of carbonyl (C=O) groups is 1. The maximum absolute atomic E-state index is 11.7. The van der Waals surface area contributed by atoms with Crippen LogP contribution in [0, 0.1) is 0 Å². The van der Waals surface area contributed by atoms with Gasteiger partial charge >= 0.3 is 0 Å². The molecule has 19 heavy (non-hydrogen) atoms. The molecule has 1 amide bonds. The molecule has 0 saturated heterocycles. The predicted molar refractivity (Wildman–Crippen MR) is 75.3 cm³/mol. The average molecular weight is 260 g/mol. The first-order valence-corrected chi connectivity index (χ1v) is 6.57. The fraction of sp³-hybridized carbons (Fsp3) is 0.400. The van der Waals surface area contributed by atoms with Crippen LogP contribution in [0.4, 0.5) is 0 Å². The van der Waals surface area contributed by atoms with Crippen molar-refractivity contribution in [2.24, 2.45) is 0 Å². The van der Waals surface area contributed by atoms with Crippen molar-refractivity contribution in [2.75, 3.05) is 7.05 Å². The van der Waals surface area contributed by atoms with E-state index in [4.69, 9.17) is 0 Å². The van der Waals surface area contributed by atoms with E-state index in [0.29, 0.717) is 6.42 Å². The summed E-state index contributed by atoms with van der Waals surface area (Å²) in [5, 5.41) is 9.95. The lowest BCUT2D eigenvalue weighted by Gasteiger charge is -2.24. The molecule has 1 atom stereocenters. The third-order valence-corrected chi connectivity index (χ3v) is 3.61. The van der Waals surface area contributed by atoms with Crippen molar-refractivity contribution < 1.29 is 9.90 Å². The Kier molecular flexibility index (Phi) is 3.79. The molecule has 0 aliphatic rings. The van der Waals surface area contributed by atoms with Gasteiger partial charge in [0.05, 0.1) is 5.52 Å². The Morgan fingerprint density at radius 1 is 1.42 bits per heavy atom. The van der Waals surface area contributed by atoms with Crippen LogP contribution >= 0.6 is 0 Å². The number of aromatic nitrogens is 1. The molecule has 0 aromatic carbocycles. The second-order valence-corrected chi connectivity index (χ2v) is 4.90. The molecular formula is C15H20N2O2. The van der Waals surface area contributed by atoms with Gasteiger partial charge in [0.1, 0.15) is 5.75 Å². The van der Waals surface area contributed by atoms with Gasteiger partial charge in [0.25, 0.3) is 0 Å². The minimum Gasteiger partial charge on any atom is -0.506 e. The smallest absolute Gasteiger partial charge is 0.222 e. The van der Waals surface area contributed by atoms with Crippen LogP contribution < -0.4 is 0 Å². The SMILES string of the molecule is CCC(=O)N(C)C(C)Cc1ccn2cccc(O)c12. The Balaban J connectivity index is 2.24. The Hall–Kier alpha value is -1.97. The van der Waals surface area contributed by atoms with Gasteiger partial charge in [0.2, 0.25) is 5.91 Å². The number of likely N-dealkylation sites (N-methyl/N-ethyl adjacent to an activating group) is 1. The Bertz CT molecular complexity index is 589. The minimum absolute atomic E-state index is 0.109. The van der Waals surface area contributed by atoms with Gasteiger partial charge in [-0.2, -0.15) is 0 Å². The lowest BCUT2D eigenvalue weighted by molar-refractivity contribution is -0.131. The average Bonchev–Trinajstić information content (AvgIpc) is 2.81. The highest BCUT2D eigenvalue weighted by Gasteiger charge is 2.17. The van der Waals surface area contributed by atoms with Crippen molar-refractivity contribution in [1.29, 1.82) is 0 Å². The summed E-state index contributed by atoms with van der Waals surface area (Å²) >= 11 is 0. The molecule has 2 rings (SSSR count). The van der Waals surface area contributed by atoms with E-state index in [1.807, 2.05) is 49.8 Å². The molecule has 0 radical (unpaired) electrons. The molecule has 102 valence electrons. The quantitative estimate of drug-likeness (QED) is 0.917. The number of rotatable bonds is 4. The minimum atomic E-state index is 0.109. The first-order valence-electron chi connectivity index (χ1n) is 6.57. The number of amides is 1. The van der Waals surface area contributed by atoms with E-state index in [2.05, 4.69) is 0 Å². The van der Waals surface area contributed by atoms with Gasteiger partial charge in [-0.15, -0.1) is 0 Å². The van der Waals surface area contributed by atoms with Crippen LogP contribution in [0.15, 0.2) is 30.6 Å². The third kappa shape index (κ3) is 2.57. The van der Waals surface area contributed by atoms with E-state index < -0.39 is 0 Å². The molecule has 1 unspecified atom stereocenters. The number of pyridine rings is 1. The summed E-state index contributed by atoms with van der Waals surface area (Å²) in [6.45, 7) is 3.89. The van der Waals surface area contributed by atoms with Crippen LogP contribution in [0.1, 0.15) is 25.8 Å². The number of fused-ring (bicyclic) bond motifs is 1. The van der Waals surface area contributed by atoms with E-state index in [-0.39, 0.29) is 17.7 Å². The largest absolute Gasteiger partial charge is 0.506 e. The van der Waals surface area contributed by atoms with E-state index in [9.17, 15) is 9.90 Å². The second kappa shape index (κ2) is 5.34. The van der Waals surface area contributed by atoms with Gasteiger partial charge in [-0.05, 0) is 37.1 Å². The fourth-order valence-corrected chi connectivity index (χ4v) is 2.33. The topological polar surface area (TPSA) is 45.0 Å². The van der Waals surface area contributed by atoms with Crippen LogP contribution in [-0.4, -0.2) is 33.4 Å². The van der Waals surface area contributed by atoms with Gasteiger partial charge in [0.15, 0.2) is 0 Å². The van der Waals surface area contributed by atoms with Crippen molar-refractivity contribution in [1.82, 2.24) is 9.30 Å². The molecule has 1 N–H and O–H groups in total. The highest BCUT2D eigenvalue weighted by molar-refractivity contribution is 5.76. The van der Waals surface area contributed by atoms with Crippen molar-refractivity contribution >= 4 is 11.4 Å². The van der Waals surface area contributed by atoms with Crippen LogP contribution in [0.2, 0.25) is 0 Å². The van der Waals surface area contributed by atoms with Gasteiger partial charge in [-0.25, -0.2) is 0 Å². The zero-order valence-electron chi connectivity index (χ0n) is 11.6. The Morgan fingerprint density at radius 2 is 2.16 bits per heavy atom. The Morgan fingerprint density at radius 3 is 2.84 bits per heavy atom. The maximum Gasteiger partial charge on any atom is 0.222 e. The lowest BCUT2D eigenvalue weighted by Crippen LogP contribution is -2.35. The molecule has 4 nitrogen and oxygen atoms in total. The lowest BCUT2D eigenvalue weighted by atomic mass is 10.1. The molecule has 2 aromatic heterocycles. The molecule has 0 bridgehead atoms. The van der Waals surface area contributed by atoms with Gasteiger partial charge in [-0.1, -0.05) is 6.92 Å². The van der Waals surface area contributed by atoms with E-state index in [1.54, 1.807) is 11.0 Å². The van der Waals surface area contributed by atoms with E-state index in [0.717, 1.165) is 17.5 Å². The monoisotopic (exact) mass is 260 g/mol. The standard InChI is InChI=1S/C15H20N2O2/c1-4-14(19)16(3)11(2)10-12-7-9-17-8-5-6-13(18)15(12)17/h5-9,11,18H,4,10H2,1-3H3. The summed E-state index contributed by atoms with van der Waals surface area (Å²) in [6, 6.07) is 5.60. The van der Waals surface area contributed by atoms with Crippen molar-refractivity contribution in [3.63, 3.8) is 0 Å². The Labute approximate surface area is 113 Å². The van der Waals surface area contributed by atoms with Crippen LogP contribution in [0.5, 0.6) is 5.75 Å². The van der Waals surface area contributed by atoms with Gasteiger partial charge < -0.3 is 14.4 Å². The normalized spacial score (nSPS) is 12.6. The van der Waals surface area contributed by atoms with E-state index >= 15 is 0 Å². The predicted octanol–water partition coefficient (Wildman–Crippen LogP) is 2.44. The van der Waals surface area contributed by atoms with Crippen molar-refractivity contribution in [2.45, 2.75) is 32.7 Å². The molecular weight excluding hydrogens is 240 g/mol. The maximum atomic E-state index is 11.7. The summed E-state index contributed by atoms with van der Waals surface area (Å²) < 4.78 is 1.90. The zero-order valence-corrected chi connectivity index (χ0v) is 11.6. The zero-order chi connectivity index (χ0) is 14.0. The van der Waals surface area contributed by atoms with Gasteiger partial charge in [0, 0.05) is 31.9 Å². The molecule has 0 fully saturated rings. The number of hydrogen-bond donors (Lipinski definition) is 1. The molecule has 0 aliphatic heterocycles. The highest BCUT2D eigenvalue weighted by atomic mass is 16.3. The molecule has 0 spiro atoms. The highest BCUT2D eigenvalue weighted by Crippen LogP contribution is 2.24. The number of hydrogen-bond acceptors (Lipinski definition) is 2. The number of carbonyl (C=O) groups excluding carboxylic acids is 1. The molecule has 0 saturated carbocycles. The molecule has 4 heteroatoms. The third-order valence-electron chi connectivity index (χ3n) is 3.61. The first-order chi connectivity index (χ1) is 9.04. The van der Waals surface area contributed by atoms with Gasteiger partial charge in [-0.3, -0.25) is 4.79 Å². The van der Waals surface area contributed by atoms with Crippen molar-refractivity contribution in [3.05, 3.63) is 36.2 Å². The van der Waals surface area contributed by atoms with Crippen LogP contribution in [-0.2, 0) is 11.2 Å². The summed E-state index contributed by atoms with van der Waals surface area (Å²) in [6.07, 6.45) is 5.09. The van der Waals surface area contributed by atoms with E-state index in [1.165, 1.54) is 0 Å². The number of nitrogens with zero attached hydrogens (tertiary/aromatic N) is 2. The number of aromatic hydroxyl groups is 1. The first kappa shape index (κ1) is 13.5. The molecule has 2 heterocycles. The van der Waals surface area contributed by atoms with Crippen molar-refractivity contribution in [3.8, 4) is 5.75 Å². The van der Waals surface area contributed by atoms with Crippen LogP contribution in [0.3, 0.4) is 0 Å². The second-order valence-electron chi connectivity index (χ2n) is 4.90. The summed E-state index contributed by atoms with van der Waals surface area (Å²) in [7, 11) is 1.83.